The van der Waals surface area contributed by atoms with Crippen molar-refractivity contribution in [3.8, 4) is 0 Å². The highest BCUT2D eigenvalue weighted by molar-refractivity contribution is 5.66. The van der Waals surface area contributed by atoms with E-state index < -0.39 is 29.9 Å². The molecule has 8 aliphatic rings. The van der Waals surface area contributed by atoms with Crippen LogP contribution in [0.5, 0.6) is 0 Å². The van der Waals surface area contributed by atoms with Gasteiger partial charge in [-0.25, -0.2) is 0 Å². The van der Waals surface area contributed by atoms with Crippen LogP contribution in [0.2, 0.25) is 0 Å². The molecule has 8 fully saturated rings. The molecule has 5 saturated carbocycles. The van der Waals surface area contributed by atoms with Crippen LogP contribution in [-0.4, -0.2) is 113 Å². The molecular formula is C42H70N2O7. The lowest BCUT2D eigenvalue weighted by Crippen LogP contribution is -2.64. The van der Waals surface area contributed by atoms with E-state index in [4.69, 9.17) is 18.9 Å². The summed E-state index contributed by atoms with van der Waals surface area (Å²) in [7, 11) is 0. The van der Waals surface area contributed by atoms with Crippen LogP contribution in [0.4, 0.5) is 0 Å². The van der Waals surface area contributed by atoms with Gasteiger partial charge in [-0.15, -0.1) is 0 Å². The largest absolute Gasteiger partial charge is 0.457 e. The number of carbonyl (C=O) groups is 1. The Morgan fingerprint density at radius 3 is 2.33 bits per heavy atom. The van der Waals surface area contributed by atoms with Crippen LogP contribution in [0.15, 0.2) is 0 Å². The Balaban J connectivity index is 0.993. The van der Waals surface area contributed by atoms with E-state index in [1.165, 1.54) is 32.6 Å². The van der Waals surface area contributed by atoms with Crippen LogP contribution >= 0.6 is 0 Å². The molecule has 2 N–H and O–H groups in total. The summed E-state index contributed by atoms with van der Waals surface area (Å²) >= 11 is 0. The lowest BCUT2D eigenvalue weighted by Gasteiger charge is -2.64. The van der Waals surface area contributed by atoms with Gasteiger partial charge in [-0.3, -0.25) is 14.6 Å². The average molecular weight is 715 g/mol. The maximum Gasteiger partial charge on any atom is 0.303 e. The summed E-state index contributed by atoms with van der Waals surface area (Å²) in [6.07, 6.45) is 6.85. The van der Waals surface area contributed by atoms with Gasteiger partial charge in [0, 0.05) is 50.6 Å². The van der Waals surface area contributed by atoms with Gasteiger partial charge in [0.15, 0.2) is 12.4 Å². The minimum atomic E-state index is -1.25. The second-order valence-electron chi connectivity index (χ2n) is 20.9. The summed E-state index contributed by atoms with van der Waals surface area (Å²) in [6, 6.07) is 1.23. The fourth-order valence-corrected chi connectivity index (χ4v) is 15.0. The van der Waals surface area contributed by atoms with E-state index in [0.717, 1.165) is 52.0 Å². The van der Waals surface area contributed by atoms with Gasteiger partial charge in [-0.05, 0) is 124 Å². The van der Waals surface area contributed by atoms with Crippen molar-refractivity contribution in [1.29, 1.82) is 0 Å². The fraction of sp³-hybridized carbons (Fsp3) is 0.976. The Labute approximate surface area is 307 Å². The number of morpholine rings is 1. The first-order valence-corrected chi connectivity index (χ1v) is 20.8. The molecule has 51 heavy (non-hydrogen) atoms. The van der Waals surface area contributed by atoms with Crippen molar-refractivity contribution in [3.63, 3.8) is 0 Å². The number of carbonyl (C=O) groups excluding carboxylic acids is 1. The molecule has 3 aliphatic heterocycles. The number of aliphatic hydroxyl groups excluding tert-OH is 1. The third-order valence-electron chi connectivity index (χ3n) is 17.6. The van der Waals surface area contributed by atoms with E-state index in [1.54, 1.807) is 13.8 Å². The van der Waals surface area contributed by atoms with Gasteiger partial charge in [0.05, 0.1) is 36.6 Å². The molecule has 0 aromatic carbocycles. The molecule has 3 saturated heterocycles. The summed E-state index contributed by atoms with van der Waals surface area (Å²) in [5.41, 5.74) is -0.930. The Kier molecular flexibility index (Phi) is 8.80. The predicted octanol–water partition coefficient (Wildman–Crippen LogP) is 5.64. The molecule has 3 heterocycles. The number of rotatable bonds is 7. The molecule has 9 nitrogen and oxygen atoms in total. The zero-order chi connectivity index (χ0) is 36.7. The van der Waals surface area contributed by atoms with Crippen molar-refractivity contribution < 1.29 is 34.0 Å². The SMILES string of the molecule is CC(=O)OC(C1CC(C)C2C(O1)C(O)C1(C)C3CCC4C(C)(C)C(OC5CN(C6CN(C(C)C)C6)CCO5)CCC45CC35CCC21C)C(C)(C)O. The highest BCUT2D eigenvalue weighted by Gasteiger charge is 2.84. The molecule has 14 atom stereocenters. The van der Waals surface area contributed by atoms with E-state index in [0.29, 0.717) is 35.8 Å². The number of hydrogen-bond acceptors (Lipinski definition) is 9. The molecule has 0 aromatic rings. The third kappa shape index (κ3) is 5.20. The molecule has 2 spiro atoms. The van der Waals surface area contributed by atoms with Gasteiger partial charge in [-0.2, -0.15) is 0 Å². The van der Waals surface area contributed by atoms with Crippen LogP contribution in [-0.2, 0) is 23.7 Å². The zero-order valence-electron chi connectivity index (χ0n) is 33.5. The number of likely N-dealkylation sites (tertiary alicyclic amines) is 1. The minimum absolute atomic E-state index is 0.0493. The van der Waals surface area contributed by atoms with Crippen molar-refractivity contribution in [2.24, 2.45) is 50.7 Å². The molecule has 0 amide bonds. The van der Waals surface area contributed by atoms with E-state index in [1.807, 2.05) is 0 Å². The number of hydrogen-bond donors (Lipinski definition) is 2. The monoisotopic (exact) mass is 715 g/mol. The Bertz CT molecular complexity index is 1360. The standard InChI is InChI=1S/C42H70N2O7/c1-24(2)44-20-27(21-44)43-17-18-48-32(22-43)51-31-13-14-41-23-42(41)16-15-39(9)33-25(3)19-28(36(38(7,8)47)49-26(4)45)50-34(33)35(46)40(39,10)30(42)12-11-29(41)37(31,5)6/h24-25,27-36,46-47H,11-23H2,1-10H3. The minimum Gasteiger partial charge on any atom is -0.457 e. The topological polar surface area (TPSA) is 101 Å². The van der Waals surface area contributed by atoms with Crippen molar-refractivity contribution in [2.75, 3.05) is 32.8 Å². The quantitative estimate of drug-likeness (QED) is 0.325. The third-order valence-corrected chi connectivity index (χ3v) is 17.6. The smallest absolute Gasteiger partial charge is 0.303 e. The highest BCUT2D eigenvalue weighted by atomic mass is 16.7. The summed E-state index contributed by atoms with van der Waals surface area (Å²) in [5, 5.41) is 23.7. The predicted molar refractivity (Wildman–Crippen MR) is 195 cm³/mol. The lowest BCUT2D eigenvalue weighted by atomic mass is 9.41. The van der Waals surface area contributed by atoms with Crippen molar-refractivity contribution >= 4 is 5.97 Å². The van der Waals surface area contributed by atoms with Gasteiger partial charge in [0.25, 0.3) is 0 Å². The Morgan fingerprint density at radius 1 is 0.980 bits per heavy atom. The number of ether oxygens (including phenoxy) is 4. The van der Waals surface area contributed by atoms with E-state index in [9.17, 15) is 15.0 Å². The molecule has 8 rings (SSSR count). The lowest BCUT2D eigenvalue weighted by molar-refractivity contribution is -0.253. The first-order chi connectivity index (χ1) is 23.8. The first kappa shape index (κ1) is 37.1. The Hall–Kier alpha value is -0.810. The number of fused-ring (bicyclic) bond motifs is 4. The van der Waals surface area contributed by atoms with E-state index in [-0.39, 0.29) is 52.0 Å². The number of aliphatic hydroxyl groups is 2. The van der Waals surface area contributed by atoms with Crippen LogP contribution in [0.3, 0.4) is 0 Å². The Morgan fingerprint density at radius 2 is 1.67 bits per heavy atom. The van der Waals surface area contributed by atoms with Crippen LogP contribution in [0, 0.1) is 50.7 Å². The summed E-state index contributed by atoms with van der Waals surface area (Å²) in [5.74, 6) is 1.14. The molecule has 290 valence electrons. The van der Waals surface area contributed by atoms with Gasteiger partial charge < -0.3 is 29.2 Å². The molecule has 14 unspecified atom stereocenters. The molecule has 0 aromatic heterocycles. The molecule has 5 aliphatic carbocycles. The summed E-state index contributed by atoms with van der Waals surface area (Å²) in [6.45, 7) is 26.5. The van der Waals surface area contributed by atoms with Gasteiger partial charge in [0.1, 0.15) is 0 Å². The van der Waals surface area contributed by atoms with Crippen LogP contribution in [0.25, 0.3) is 0 Å². The number of nitrogens with zero attached hydrogens (tertiary/aromatic N) is 2. The zero-order valence-corrected chi connectivity index (χ0v) is 33.5. The maximum absolute atomic E-state index is 12.6. The normalized spacial score (nSPS) is 50.3. The first-order valence-electron chi connectivity index (χ1n) is 20.8. The van der Waals surface area contributed by atoms with E-state index >= 15 is 0 Å². The fourth-order valence-electron chi connectivity index (χ4n) is 15.0. The second kappa shape index (κ2) is 12.1. The second-order valence-corrected chi connectivity index (χ2v) is 20.9. The molecule has 0 radical (unpaired) electrons. The van der Waals surface area contributed by atoms with Gasteiger partial charge in [0.2, 0.25) is 0 Å². The van der Waals surface area contributed by atoms with Gasteiger partial charge in [-0.1, -0.05) is 34.6 Å². The highest BCUT2D eigenvalue weighted by Crippen LogP contribution is 2.89. The van der Waals surface area contributed by atoms with E-state index in [2.05, 4.69) is 58.3 Å². The number of esters is 1. The van der Waals surface area contributed by atoms with Gasteiger partial charge >= 0.3 is 5.97 Å². The average Bonchev–Trinajstić information content (AvgIpc) is 3.64. The maximum atomic E-state index is 12.6. The summed E-state index contributed by atoms with van der Waals surface area (Å²) in [4.78, 5) is 17.3. The molecular weight excluding hydrogens is 644 g/mol. The van der Waals surface area contributed by atoms with Crippen molar-refractivity contribution in [1.82, 2.24) is 9.80 Å². The van der Waals surface area contributed by atoms with Crippen molar-refractivity contribution in [2.45, 2.75) is 175 Å². The molecule has 9 heteroatoms. The van der Waals surface area contributed by atoms with Crippen molar-refractivity contribution in [3.05, 3.63) is 0 Å². The molecule has 0 bridgehead atoms. The van der Waals surface area contributed by atoms with Crippen LogP contribution in [0.1, 0.15) is 121 Å². The summed E-state index contributed by atoms with van der Waals surface area (Å²) < 4.78 is 25.9. The van der Waals surface area contributed by atoms with Crippen LogP contribution < -0.4 is 0 Å².